The molecular formula is C23H26N2O3. The monoisotopic (exact) mass is 378 g/mol. The van der Waals surface area contributed by atoms with Crippen LogP contribution in [0.3, 0.4) is 0 Å². The standard InChI is InChI=1S/C23H26N2O3/c1-4-20(17-12-11-15(2)14-16(17)3)24-21(26)10-7-13-25-22(27)18-8-5-6-9-19(18)23(25)28/h5-6,8-9,11-12,14,20H,4,7,10,13H2,1-3H3,(H,24,26). The molecule has 1 N–H and O–H groups in total. The van der Waals surface area contributed by atoms with E-state index in [2.05, 4.69) is 37.4 Å². The average molecular weight is 378 g/mol. The Kier molecular flexibility index (Phi) is 5.93. The second kappa shape index (κ2) is 8.38. The molecule has 1 atom stereocenters. The number of carbonyl (C=O) groups excluding carboxylic acids is 3. The minimum Gasteiger partial charge on any atom is -0.349 e. The molecule has 3 amide bonds. The third-order valence-corrected chi connectivity index (χ3v) is 5.21. The summed E-state index contributed by atoms with van der Waals surface area (Å²) in [5, 5.41) is 3.08. The lowest BCUT2D eigenvalue weighted by molar-refractivity contribution is -0.122. The molecule has 0 aromatic heterocycles. The Morgan fingerprint density at radius 2 is 1.68 bits per heavy atom. The molecule has 0 fully saturated rings. The maximum absolute atomic E-state index is 12.4. The smallest absolute Gasteiger partial charge is 0.261 e. The third-order valence-electron chi connectivity index (χ3n) is 5.21. The van der Waals surface area contributed by atoms with Crippen molar-refractivity contribution < 1.29 is 14.4 Å². The number of nitrogens with zero attached hydrogens (tertiary/aromatic N) is 1. The number of hydrogen-bond acceptors (Lipinski definition) is 3. The number of aryl methyl sites for hydroxylation is 2. The predicted octanol–water partition coefficient (Wildman–Crippen LogP) is 3.95. The third kappa shape index (κ3) is 3.98. The lowest BCUT2D eigenvalue weighted by atomic mass is 9.97. The Labute approximate surface area is 165 Å². The molecule has 2 aromatic rings. The molecule has 0 bridgehead atoms. The highest BCUT2D eigenvalue weighted by Gasteiger charge is 2.34. The molecule has 1 aliphatic rings. The highest BCUT2D eigenvalue weighted by molar-refractivity contribution is 6.21. The van der Waals surface area contributed by atoms with Crippen molar-refractivity contribution in [1.29, 1.82) is 0 Å². The van der Waals surface area contributed by atoms with Gasteiger partial charge in [-0.05, 0) is 49.9 Å². The summed E-state index contributed by atoms with van der Waals surface area (Å²) >= 11 is 0. The molecule has 0 saturated heterocycles. The number of rotatable bonds is 7. The summed E-state index contributed by atoms with van der Waals surface area (Å²) in [5.41, 5.74) is 4.37. The zero-order valence-electron chi connectivity index (χ0n) is 16.6. The van der Waals surface area contributed by atoms with E-state index in [1.165, 1.54) is 10.5 Å². The SMILES string of the molecule is CCC(NC(=O)CCCN1C(=O)c2ccccc2C1=O)c1ccc(C)cc1C. The van der Waals surface area contributed by atoms with E-state index in [1.807, 2.05) is 6.92 Å². The van der Waals surface area contributed by atoms with Gasteiger partial charge < -0.3 is 5.32 Å². The van der Waals surface area contributed by atoms with Crippen LogP contribution in [0, 0.1) is 13.8 Å². The van der Waals surface area contributed by atoms with Gasteiger partial charge in [-0.15, -0.1) is 0 Å². The summed E-state index contributed by atoms with van der Waals surface area (Å²) < 4.78 is 0. The first kappa shape index (κ1) is 19.8. The molecule has 1 aliphatic heterocycles. The number of fused-ring (bicyclic) bond motifs is 1. The van der Waals surface area contributed by atoms with Crippen LogP contribution in [-0.2, 0) is 4.79 Å². The van der Waals surface area contributed by atoms with Crippen molar-refractivity contribution in [3.8, 4) is 0 Å². The van der Waals surface area contributed by atoms with Gasteiger partial charge >= 0.3 is 0 Å². The van der Waals surface area contributed by atoms with E-state index in [4.69, 9.17) is 0 Å². The Balaban J connectivity index is 1.55. The second-order valence-electron chi connectivity index (χ2n) is 7.30. The van der Waals surface area contributed by atoms with Crippen molar-refractivity contribution in [1.82, 2.24) is 10.2 Å². The molecule has 1 unspecified atom stereocenters. The second-order valence-corrected chi connectivity index (χ2v) is 7.30. The molecule has 0 radical (unpaired) electrons. The average Bonchev–Trinajstić information content (AvgIpc) is 2.92. The molecule has 0 spiro atoms. The number of nitrogens with one attached hydrogen (secondary N) is 1. The van der Waals surface area contributed by atoms with Gasteiger partial charge in [-0.3, -0.25) is 19.3 Å². The fraction of sp³-hybridized carbons (Fsp3) is 0.348. The maximum Gasteiger partial charge on any atom is 0.261 e. The van der Waals surface area contributed by atoms with Gasteiger partial charge in [-0.2, -0.15) is 0 Å². The van der Waals surface area contributed by atoms with Crippen LogP contribution in [-0.4, -0.2) is 29.2 Å². The van der Waals surface area contributed by atoms with Crippen molar-refractivity contribution in [3.05, 3.63) is 70.3 Å². The first-order valence-electron chi connectivity index (χ1n) is 9.74. The minimum atomic E-state index is -0.275. The lowest BCUT2D eigenvalue weighted by Gasteiger charge is -2.20. The van der Waals surface area contributed by atoms with Crippen LogP contribution in [0.5, 0.6) is 0 Å². The first-order valence-corrected chi connectivity index (χ1v) is 9.74. The quantitative estimate of drug-likeness (QED) is 0.742. The number of imide groups is 1. The van der Waals surface area contributed by atoms with E-state index in [0.717, 1.165) is 17.5 Å². The molecule has 0 aliphatic carbocycles. The number of benzene rings is 2. The van der Waals surface area contributed by atoms with Gasteiger partial charge in [0.25, 0.3) is 11.8 Å². The zero-order chi connectivity index (χ0) is 20.3. The summed E-state index contributed by atoms with van der Waals surface area (Å²) in [6.45, 7) is 6.40. The molecule has 5 heteroatoms. The van der Waals surface area contributed by atoms with Gasteiger partial charge in [0.2, 0.25) is 5.91 Å². The van der Waals surface area contributed by atoms with Gasteiger partial charge in [0.1, 0.15) is 0 Å². The zero-order valence-corrected chi connectivity index (χ0v) is 16.6. The predicted molar refractivity (Wildman–Crippen MR) is 108 cm³/mol. The van der Waals surface area contributed by atoms with Crippen LogP contribution in [0.25, 0.3) is 0 Å². The Morgan fingerprint density at radius 3 is 2.25 bits per heavy atom. The molecule has 1 heterocycles. The van der Waals surface area contributed by atoms with E-state index in [1.54, 1.807) is 24.3 Å². The first-order chi connectivity index (χ1) is 13.4. The highest BCUT2D eigenvalue weighted by atomic mass is 16.2. The van der Waals surface area contributed by atoms with Crippen molar-refractivity contribution >= 4 is 17.7 Å². The van der Waals surface area contributed by atoms with Crippen LogP contribution in [0.15, 0.2) is 42.5 Å². The van der Waals surface area contributed by atoms with Crippen LogP contribution < -0.4 is 5.32 Å². The largest absolute Gasteiger partial charge is 0.349 e. The summed E-state index contributed by atoms with van der Waals surface area (Å²) in [6.07, 6.45) is 1.52. The molecular weight excluding hydrogens is 352 g/mol. The van der Waals surface area contributed by atoms with E-state index in [0.29, 0.717) is 17.5 Å². The molecule has 28 heavy (non-hydrogen) atoms. The Bertz CT molecular complexity index is 885. The normalized spacial score (nSPS) is 14.2. The van der Waals surface area contributed by atoms with Gasteiger partial charge in [0.15, 0.2) is 0 Å². The highest BCUT2D eigenvalue weighted by Crippen LogP contribution is 2.24. The van der Waals surface area contributed by atoms with E-state index >= 15 is 0 Å². The van der Waals surface area contributed by atoms with Crippen molar-refractivity contribution in [2.24, 2.45) is 0 Å². The van der Waals surface area contributed by atoms with Crippen molar-refractivity contribution in [2.75, 3.05) is 6.54 Å². The topological polar surface area (TPSA) is 66.5 Å². The minimum absolute atomic E-state index is 0.0348. The van der Waals surface area contributed by atoms with E-state index in [9.17, 15) is 14.4 Å². The summed E-state index contributed by atoms with van der Waals surface area (Å²) in [5.74, 6) is -0.617. The van der Waals surface area contributed by atoms with Gasteiger partial charge in [-0.1, -0.05) is 42.8 Å². The van der Waals surface area contributed by atoms with Gasteiger partial charge in [-0.25, -0.2) is 0 Å². The maximum atomic E-state index is 12.4. The number of carbonyl (C=O) groups is 3. The molecule has 146 valence electrons. The van der Waals surface area contributed by atoms with Crippen LogP contribution in [0.1, 0.15) is 69.6 Å². The van der Waals surface area contributed by atoms with Crippen molar-refractivity contribution in [3.63, 3.8) is 0 Å². The lowest BCUT2D eigenvalue weighted by Crippen LogP contribution is -2.33. The molecule has 0 saturated carbocycles. The van der Waals surface area contributed by atoms with Crippen LogP contribution in [0.2, 0.25) is 0 Å². The van der Waals surface area contributed by atoms with Crippen molar-refractivity contribution in [2.45, 2.75) is 46.1 Å². The fourth-order valence-electron chi connectivity index (χ4n) is 3.72. The number of amides is 3. The molecule has 3 rings (SSSR count). The van der Waals surface area contributed by atoms with Gasteiger partial charge in [0, 0.05) is 13.0 Å². The van der Waals surface area contributed by atoms with Gasteiger partial charge in [0.05, 0.1) is 17.2 Å². The number of hydrogen-bond donors (Lipinski definition) is 1. The summed E-state index contributed by atoms with van der Waals surface area (Å²) in [4.78, 5) is 38.4. The molecule has 5 nitrogen and oxygen atoms in total. The van der Waals surface area contributed by atoms with Crippen LogP contribution in [0.4, 0.5) is 0 Å². The van der Waals surface area contributed by atoms with Crippen LogP contribution >= 0.6 is 0 Å². The summed E-state index contributed by atoms with van der Waals surface area (Å²) in [7, 11) is 0. The molecule has 2 aromatic carbocycles. The van der Waals surface area contributed by atoms with E-state index in [-0.39, 0.29) is 36.7 Å². The summed E-state index contributed by atoms with van der Waals surface area (Å²) in [6, 6.07) is 13.0. The Hall–Kier alpha value is -2.95. The Morgan fingerprint density at radius 1 is 1.04 bits per heavy atom. The van der Waals surface area contributed by atoms with E-state index < -0.39 is 0 Å². The fourth-order valence-corrected chi connectivity index (χ4v) is 3.72.